The molecule has 1 fully saturated rings. The lowest BCUT2D eigenvalue weighted by atomic mass is 10.0. The molecule has 5 nitrogen and oxygen atoms in total. The number of hydrogen-bond acceptors (Lipinski definition) is 3. The average Bonchev–Trinajstić information content (AvgIpc) is 3.24. The van der Waals surface area contributed by atoms with Crippen LogP contribution in [0.5, 0.6) is 0 Å². The van der Waals surface area contributed by atoms with Gasteiger partial charge in [-0.1, -0.05) is 13.8 Å². The van der Waals surface area contributed by atoms with Crippen molar-refractivity contribution in [1.29, 1.82) is 0 Å². The number of nitrogens with zero attached hydrogens (tertiary/aromatic N) is 3. The molecule has 1 aliphatic carbocycles. The highest BCUT2D eigenvalue weighted by molar-refractivity contribution is 5.92. The molecule has 1 N–H and O–H groups in total. The molecule has 1 atom stereocenters. The molecule has 0 saturated heterocycles. The van der Waals surface area contributed by atoms with Gasteiger partial charge in [-0.2, -0.15) is 5.10 Å². The first-order valence-electron chi connectivity index (χ1n) is 7.87. The van der Waals surface area contributed by atoms with Crippen molar-refractivity contribution < 1.29 is 4.79 Å². The molecule has 0 radical (unpaired) electrons. The number of rotatable bonds is 6. The van der Waals surface area contributed by atoms with Gasteiger partial charge in [-0.25, -0.2) is 0 Å². The molecule has 0 aliphatic heterocycles. The molecular formula is C17H22N4O. The maximum Gasteiger partial charge on any atom is 0.272 e. The summed E-state index contributed by atoms with van der Waals surface area (Å²) in [6.07, 6.45) is 7.74. The highest BCUT2D eigenvalue weighted by atomic mass is 16.2. The van der Waals surface area contributed by atoms with Gasteiger partial charge in [0.25, 0.3) is 5.91 Å². The van der Waals surface area contributed by atoms with E-state index in [0.717, 1.165) is 24.9 Å². The smallest absolute Gasteiger partial charge is 0.272 e. The van der Waals surface area contributed by atoms with Crippen LogP contribution in [-0.2, 0) is 6.54 Å². The van der Waals surface area contributed by atoms with Crippen molar-refractivity contribution >= 4 is 5.91 Å². The first-order valence-corrected chi connectivity index (χ1v) is 7.87. The van der Waals surface area contributed by atoms with E-state index in [9.17, 15) is 4.79 Å². The number of aromatic nitrogens is 3. The molecule has 0 aromatic carbocycles. The van der Waals surface area contributed by atoms with Crippen LogP contribution in [0.4, 0.5) is 0 Å². The van der Waals surface area contributed by atoms with Crippen LogP contribution in [0.3, 0.4) is 0 Å². The predicted octanol–water partition coefficient (Wildman–Crippen LogP) is 2.82. The van der Waals surface area contributed by atoms with Crippen LogP contribution in [0, 0.1) is 11.8 Å². The van der Waals surface area contributed by atoms with Crippen LogP contribution in [-0.4, -0.2) is 20.7 Å². The Bertz CT molecular complexity index is 631. The Morgan fingerprint density at radius 2 is 2.05 bits per heavy atom. The van der Waals surface area contributed by atoms with Crippen molar-refractivity contribution in [3.63, 3.8) is 0 Å². The minimum Gasteiger partial charge on any atom is -0.344 e. The number of carbonyl (C=O) groups excluding carboxylic acids is 1. The van der Waals surface area contributed by atoms with Crippen LogP contribution in [0.15, 0.2) is 36.8 Å². The average molecular weight is 298 g/mol. The Morgan fingerprint density at radius 3 is 2.68 bits per heavy atom. The van der Waals surface area contributed by atoms with Crippen LogP contribution in [0.2, 0.25) is 0 Å². The van der Waals surface area contributed by atoms with Gasteiger partial charge in [0.1, 0.15) is 5.69 Å². The SMILES string of the molecule is CC(C)Cn1ccc(C(=O)N[C@H](c2ccncc2)C2CC2)n1. The Morgan fingerprint density at radius 1 is 1.32 bits per heavy atom. The first kappa shape index (κ1) is 14.8. The number of nitrogens with one attached hydrogen (secondary N) is 1. The fourth-order valence-electron chi connectivity index (χ4n) is 2.65. The van der Waals surface area contributed by atoms with Crippen molar-refractivity contribution in [2.75, 3.05) is 0 Å². The molecule has 2 aromatic rings. The first-order chi connectivity index (χ1) is 10.6. The Labute approximate surface area is 130 Å². The van der Waals surface area contributed by atoms with Crippen LogP contribution in [0.25, 0.3) is 0 Å². The van der Waals surface area contributed by atoms with Crippen molar-refractivity contribution in [2.24, 2.45) is 11.8 Å². The summed E-state index contributed by atoms with van der Waals surface area (Å²) in [5, 5.41) is 7.50. The lowest BCUT2D eigenvalue weighted by Gasteiger charge is -2.17. The normalized spacial score (nSPS) is 15.8. The molecule has 2 aromatic heterocycles. The second-order valence-electron chi connectivity index (χ2n) is 6.39. The summed E-state index contributed by atoms with van der Waals surface area (Å²) in [6.45, 7) is 5.09. The molecule has 5 heteroatoms. The summed E-state index contributed by atoms with van der Waals surface area (Å²) < 4.78 is 1.83. The number of pyridine rings is 1. The second kappa shape index (κ2) is 6.30. The van der Waals surface area contributed by atoms with Crippen LogP contribution >= 0.6 is 0 Å². The quantitative estimate of drug-likeness (QED) is 0.892. The zero-order valence-electron chi connectivity index (χ0n) is 13.1. The largest absolute Gasteiger partial charge is 0.344 e. The number of hydrogen-bond donors (Lipinski definition) is 1. The minimum absolute atomic E-state index is 0.0609. The minimum atomic E-state index is -0.101. The monoisotopic (exact) mass is 298 g/mol. The predicted molar refractivity (Wildman–Crippen MR) is 84.2 cm³/mol. The molecule has 0 spiro atoms. The van der Waals surface area contributed by atoms with Gasteiger partial charge in [0, 0.05) is 25.1 Å². The summed E-state index contributed by atoms with van der Waals surface area (Å²) in [6, 6.07) is 5.79. The molecule has 22 heavy (non-hydrogen) atoms. The van der Waals surface area contributed by atoms with Crippen molar-refractivity contribution in [1.82, 2.24) is 20.1 Å². The van der Waals surface area contributed by atoms with Gasteiger partial charge in [-0.3, -0.25) is 14.5 Å². The van der Waals surface area contributed by atoms with Gasteiger partial charge in [0.2, 0.25) is 0 Å². The van der Waals surface area contributed by atoms with E-state index in [1.807, 2.05) is 23.0 Å². The number of carbonyl (C=O) groups is 1. The van der Waals surface area contributed by atoms with E-state index < -0.39 is 0 Å². The third kappa shape index (κ3) is 3.53. The van der Waals surface area contributed by atoms with Crippen LogP contribution < -0.4 is 5.32 Å². The molecule has 0 bridgehead atoms. The summed E-state index contributed by atoms with van der Waals surface area (Å²) in [4.78, 5) is 16.5. The lowest BCUT2D eigenvalue weighted by molar-refractivity contribution is 0.0925. The molecule has 3 rings (SSSR count). The summed E-state index contributed by atoms with van der Waals surface area (Å²) in [5.74, 6) is 0.937. The van der Waals surface area contributed by atoms with Crippen LogP contribution in [0.1, 0.15) is 48.8 Å². The topological polar surface area (TPSA) is 59.8 Å². The molecule has 1 saturated carbocycles. The Kier molecular flexibility index (Phi) is 4.22. The van der Waals surface area contributed by atoms with E-state index in [-0.39, 0.29) is 11.9 Å². The van der Waals surface area contributed by atoms with Crippen molar-refractivity contribution in [3.05, 3.63) is 48.0 Å². The molecule has 1 aliphatic rings. The second-order valence-corrected chi connectivity index (χ2v) is 6.39. The Hall–Kier alpha value is -2.17. The summed E-state index contributed by atoms with van der Waals surface area (Å²) >= 11 is 0. The zero-order valence-corrected chi connectivity index (χ0v) is 13.1. The Balaban J connectivity index is 1.70. The van der Waals surface area contributed by atoms with E-state index in [1.165, 1.54) is 0 Å². The summed E-state index contributed by atoms with van der Waals surface area (Å²) in [5.41, 5.74) is 1.60. The third-order valence-corrected chi connectivity index (χ3v) is 3.87. The molecule has 116 valence electrons. The van der Waals surface area contributed by atoms with Gasteiger partial charge in [0.15, 0.2) is 0 Å². The van der Waals surface area contributed by atoms with Gasteiger partial charge in [-0.15, -0.1) is 0 Å². The molecule has 0 unspecified atom stereocenters. The van der Waals surface area contributed by atoms with Gasteiger partial charge in [-0.05, 0) is 48.4 Å². The fraction of sp³-hybridized carbons (Fsp3) is 0.471. The third-order valence-electron chi connectivity index (χ3n) is 3.87. The zero-order chi connectivity index (χ0) is 15.5. The molecule has 2 heterocycles. The highest BCUT2D eigenvalue weighted by Crippen LogP contribution is 2.40. The van der Waals surface area contributed by atoms with Gasteiger partial charge < -0.3 is 5.32 Å². The van der Waals surface area contributed by atoms with Gasteiger partial charge >= 0.3 is 0 Å². The lowest BCUT2D eigenvalue weighted by Crippen LogP contribution is -2.30. The number of amides is 1. The standard InChI is InChI=1S/C17H22N4O/c1-12(2)11-21-10-7-15(20-21)17(22)19-16(13-3-4-13)14-5-8-18-9-6-14/h5-10,12-13,16H,3-4,11H2,1-2H3,(H,19,22)/t16-/m0/s1. The van der Waals surface area contributed by atoms with Crippen molar-refractivity contribution in [3.8, 4) is 0 Å². The fourth-order valence-corrected chi connectivity index (χ4v) is 2.65. The molecule has 1 amide bonds. The van der Waals surface area contributed by atoms with Crippen molar-refractivity contribution in [2.45, 2.75) is 39.3 Å². The highest BCUT2D eigenvalue weighted by Gasteiger charge is 2.33. The maximum atomic E-state index is 12.5. The molecular weight excluding hydrogens is 276 g/mol. The summed E-state index contributed by atoms with van der Waals surface area (Å²) in [7, 11) is 0. The van der Waals surface area contributed by atoms with E-state index in [2.05, 4.69) is 29.2 Å². The van der Waals surface area contributed by atoms with E-state index in [1.54, 1.807) is 18.5 Å². The maximum absolute atomic E-state index is 12.5. The van der Waals surface area contributed by atoms with Gasteiger partial charge in [0.05, 0.1) is 6.04 Å². The van der Waals surface area contributed by atoms with E-state index in [4.69, 9.17) is 0 Å². The van der Waals surface area contributed by atoms with E-state index in [0.29, 0.717) is 17.5 Å². The van der Waals surface area contributed by atoms with E-state index >= 15 is 0 Å².